The van der Waals surface area contributed by atoms with Crippen LogP contribution in [-0.2, 0) is 4.79 Å². The molecule has 0 unspecified atom stereocenters. The fourth-order valence-corrected chi connectivity index (χ4v) is 1.37. The predicted molar refractivity (Wildman–Crippen MR) is 64.6 cm³/mol. The topological polar surface area (TPSA) is 98.3 Å². The molecule has 6 nitrogen and oxygen atoms in total. The summed E-state index contributed by atoms with van der Waals surface area (Å²) in [6.07, 6.45) is 0.0251. The standard InChI is InChI=1S/C11H14FN3O3/c1-11(2,13)6-10(16)14-8-3-7(12)4-9(5-8)15(17)18/h3-5H,6,13H2,1-2H3,(H,14,16). The van der Waals surface area contributed by atoms with Gasteiger partial charge in [-0.25, -0.2) is 4.39 Å². The zero-order valence-electron chi connectivity index (χ0n) is 10.1. The third-order valence-electron chi connectivity index (χ3n) is 1.99. The van der Waals surface area contributed by atoms with Crippen LogP contribution in [0.5, 0.6) is 0 Å². The van der Waals surface area contributed by atoms with E-state index in [0.717, 1.165) is 18.2 Å². The highest BCUT2D eigenvalue weighted by Gasteiger charge is 2.17. The summed E-state index contributed by atoms with van der Waals surface area (Å²) in [6.45, 7) is 3.33. The Hall–Kier alpha value is -2.02. The Morgan fingerprint density at radius 3 is 2.61 bits per heavy atom. The summed E-state index contributed by atoms with van der Waals surface area (Å²) in [7, 11) is 0. The van der Waals surface area contributed by atoms with Gasteiger partial charge in [0.15, 0.2) is 0 Å². The Balaban J connectivity index is 2.85. The van der Waals surface area contributed by atoms with Crippen molar-refractivity contribution in [2.24, 2.45) is 5.73 Å². The zero-order chi connectivity index (χ0) is 13.9. The van der Waals surface area contributed by atoms with Crippen molar-refractivity contribution in [2.75, 3.05) is 5.32 Å². The molecular formula is C11H14FN3O3. The fourth-order valence-electron chi connectivity index (χ4n) is 1.37. The Bertz CT molecular complexity index is 483. The molecule has 0 aliphatic heterocycles. The number of hydrogen-bond acceptors (Lipinski definition) is 4. The third kappa shape index (κ3) is 4.46. The average Bonchev–Trinajstić information content (AvgIpc) is 2.12. The molecule has 0 aliphatic rings. The second-order valence-electron chi connectivity index (χ2n) is 4.67. The molecule has 0 heterocycles. The molecule has 1 amide bonds. The number of nitrogens with two attached hydrogens (primary N) is 1. The fraction of sp³-hybridized carbons (Fsp3) is 0.364. The van der Waals surface area contributed by atoms with Crippen LogP contribution in [0.25, 0.3) is 0 Å². The van der Waals surface area contributed by atoms with Crippen LogP contribution in [0.2, 0.25) is 0 Å². The number of carbonyl (C=O) groups excluding carboxylic acids is 1. The molecule has 1 rings (SSSR count). The van der Waals surface area contributed by atoms with Crippen molar-refractivity contribution in [1.82, 2.24) is 0 Å². The number of nitro groups is 1. The van der Waals surface area contributed by atoms with Crippen LogP contribution in [0.3, 0.4) is 0 Å². The number of benzene rings is 1. The molecule has 0 fully saturated rings. The van der Waals surface area contributed by atoms with E-state index in [4.69, 9.17) is 5.73 Å². The van der Waals surface area contributed by atoms with Gasteiger partial charge in [-0.2, -0.15) is 0 Å². The first-order valence-electron chi connectivity index (χ1n) is 5.21. The van der Waals surface area contributed by atoms with Gasteiger partial charge in [0.25, 0.3) is 5.69 Å². The van der Waals surface area contributed by atoms with Gasteiger partial charge < -0.3 is 11.1 Å². The summed E-state index contributed by atoms with van der Waals surface area (Å²) < 4.78 is 13.1. The van der Waals surface area contributed by atoms with E-state index >= 15 is 0 Å². The Kier molecular flexibility index (Phi) is 3.97. The van der Waals surface area contributed by atoms with Gasteiger partial charge in [0, 0.05) is 18.0 Å². The maximum atomic E-state index is 13.1. The lowest BCUT2D eigenvalue weighted by Crippen LogP contribution is -2.36. The number of carbonyl (C=O) groups is 1. The van der Waals surface area contributed by atoms with E-state index < -0.39 is 27.9 Å². The zero-order valence-corrected chi connectivity index (χ0v) is 10.1. The third-order valence-corrected chi connectivity index (χ3v) is 1.99. The van der Waals surface area contributed by atoms with E-state index in [9.17, 15) is 19.3 Å². The number of amides is 1. The SMILES string of the molecule is CC(C)(N)CC(=O)Nc1cc(F)cc([N+](=O)[O-])c1. The van der Waals surface area contributed by atoms with Crippen LogP contribution in [0.1, 0.15) is 20.3 Å². The molecule has 0 saturated carbocycles. The van der Waals surface area contributed by atoms with Crippen LogP contribution in [0, 0.1) is 15.9 Å². The quantitative estimate of drug-likeness (QED) is 0.633. The minimum absolute atomic E-state index is 0.0251. The molecule has 98 valence electrons. The molecule has 0 saturated heterocycles. The summed E-state index contributed by atoms with van der Waals surface area (Å²) in [6, 6.07) is 2.88. The summed E-state index contributed by atoms with van der Waals surface area (Å²) in [5.41, 5.74) is 4.57. The van der Waals surface area contributed by atoms with Crippen LogP contribution < -0.4 is 11.1 Å². The van der Waals surface area contributed by atoms with E-state index in [1.807, 2.05) is 0 Å². The first kappa shape index (κ1) is 14.0. The molecule has 0 aliphatic carbocycles. The van der Waals surface area contributed by atoms with Crippen LogP contribution in [0.4, 0.5) is 15.8 Å². The number of non-ortho nitro benzene ring substituents is 1. The lowest BCUT2D eigenvalue weighted by molar-refractivity contribution is -0.385. The van der Waals surface area contributed by atoms with Gasteiger partial charge in [0.1, 0.15) is 5.82 Å². The van der Waals surface area contributed by atoms with Crippen molar-refractivity contribution in [3.05, 3.63) is 34.1 Å². The molecule has 3 N–H and O–H groups in total. The van der Waals surface area contributed by atoms with E-state index in [-0.39, 0.29) is 12.1 Å². The van der Waals surface area contributed by atoms with E-state index in [1.165, 1.54) is 0 Å². The molecule has 0 radical (unpaired) electrons. The van der Waals surface area contributed by atoms with E-state index in [0.29, 0.717) is 0 Å². The molecule has 18 heavy (non-hydrogen) atoms. The normalized spacial score (nSPS) is 11.1. The van der Waals surface area contributed by atoms with Gasteiger partial charge in [0.2, 0.25) is 5.91 Å². The average molecular weight is 255 g/mol. The second kappa shape index (κ2) is 5.09. The Morgan fingerprint density at radius 1 is 1.50 bits per heavy atom. The smallest absolute Gasteiger partial charge is 0.274 e. The summed E-state index contributed by atoms with van der Waals surface area (Å²) >= 11 is 0. The van der Waals surface area contributed by atoms with Crippen molar-refractivity contribution in [3.8, 4) is 0 Å². The highest BCUT2D eigenvalue weighted by atomic mass is 19.1. The number of nitro benzene ring substituents is 1. The molecule has 7 heteroatoms. The van der Waals surface area contributed by atoms with Crippen molar-refractivity contribution in [3.63, 3.8) is 0 Å². The second-order valence-corrected chi connectivity index (χ2v) is 4.67. The molecule has 0 spiro atoms. The number of nitrogens with one attached hydrogen (secondary N) is 1. The molecule has 1 aromatic rings. The first-order chi connectivity index (χ1) is 8.17. The molecule has 0 aromatic heterocycles. The lowest BCUT2D eigenvalue weighted by atomic mass is 10.0. The van der Waals surface area contributed by atoms with Crippen LogP contribution in [0.15, 0.2) is 18.2 Å². The predicted octanol–water partition coefficient (Wildman–Crippen LogP) is 1.80. The number of anilines is 1. The van der Waals surface area contributed by atoms with Gasteiger partial charge in [-0.15, -0.1) is 0 Å². The summed E-state index contributed by atoms with van der Waals surface area (Å²) in [5.74, 6) is -1.21. The number of nitrogens with zero attached hydrogens (tertiary/aromatic N) is 1. The largest absolute Gasteiger partial charge is 0.326 e. The monoisotopic (exact) mass is 255 g/mol. The number of halogens is 1. The van der Waals surface area contributed by atoms with Gasteiger partial charge in [-0.1, -0.05) is 0 Å². The van der Waals surface area contributed by atoms with Gasteiger partial charge in [-0.05, 0) is 19.9 Å². The van der Waals surface area contributed by atoms with Gasteiger partial charge in [-0.3, -0.25) is 14.9 Å². The van der Waals surface area contributed by atoms with E-state index in [2.05, 4.69) is 5.32 Å². The van der Waals surface area contributed by atoms with Crippen LogP contribution >= 0.6 is 0 Å². The maximum absolute atomic E-state index is 13.1. The highest BCUT2D eigenvalue weighted by Crippen LogP contribution is 2.20. The van der Waals surface area contributed by atoms with Crippen molar-refractivity contribution in [2.45, 2.75) is 25.8 Å². The molecule has 0 atom stereocenters. The van der Waals surface area contributed by atoms with Crippen molar-refractivity contribution < 1.29 is 14.1 Å². The number of hydrogen-bond donors (Lipinski definition) is 2. The minimum Gasteiger partial charge on any atom is -0.326 e. The molecule has 0 bridgehead atoms. The summed E-state index contributed by atoms with van der Waals surface area (Å²) in [4.78, 5) is 21.3. The Labute approximate surface area is 103 Å². The van der Waals surface area contributed by atoms with Crippen LogP contribution in [-0.4, -0.2) is 16.4 Å². The maximum Gasteiger partial charge on any atom is 0.274 e. The molecule has 1 aromatic carbocycles. The van der Waals surface area contributed by atoms with Gasteiger partial charge >= 0.3 is 0 Å². The molecular weight excluding hydrogens is 241 g/mol. The van der Waals surface area contributed by atoms with Crippen molar-refractivity contribution in [1.29, 1.82) is 0 Å². The minimum atomic E-state index is -0.786. The highest BCUT2D eigenvalue weighted by molar-refractivity contribution is 5.91. The van der Waals surface area contributed by atoms with Gasteiger partial charge in [0.05, 0.1) is 16.7 Å². The number of rotatable bonds is 4. The summed E-state index contributed by atoms with van der Waals surface area (Å²) in [5, 5.41) is 12.9. The Morgan fingerprint density at radius 2 is 2.11 bits per heavy atom. The van der Waals surface area contributed by atoms with E-state index in [1.54, 1.807) is 13.8 Å². The lowest BCUT2D eigenvalue weighted by Gasteiger charge is -2.17. The first-order valence-corrected chi connectivity index (χ1v) is 5.21. The van der Waals surface area contributed by atoms with Crippen molar-refractivity contribution >= 4 is 17.3 Å².